The van der Waals surface area contributed by atoms with Crippen molar-refractivity contribution in [3.8, 4) is 0 Å². The van der Waals surface area contributed by atoms with Crippen molar-refractivity contribution in [2.45, 2.75) is 25.4 Å². The molecule has 1 aromatic rings. The zero-order valence-electron chi connectivity index (χ0n) is 11.7. The monoisotopic (exact) mass is 487 g/mol. The summed E-state index contributed by atoms with van der Waals surface area (Å²) >= 11 is 0. The van der Waals surface area contributed by atoms with Gasteiger partial charge in [-0.1, -0.05) is 49.5 Å². The standard InChI is InChI=1S/C14H11.C2H6Si.2ClH.Hf/c1-2-6-11(5-1)14-10-9-12-7-3-4-8-13(12)14;1-3-2;;;/h1,3-5,7-10,14H,2H2;1-2H3;2*1H;/q-1;;;;/p-2. The molecule has 1 aromatic carbocycles. The number of rotatable bonds is 1. The summed E-state index contributed by atoms with van der Waals surface area (Å²) in [4.78, 5) is 0. The van der Waals surface area contributed by atoms with Crippen LogP contribution in [0.25, 0.3) is 6.08 Å². The van der Waals surface area contributed by atoms with E-state index in [0.29, 0.717) is 5.92 Å². The maximum Gasteiger partial charge on any atom is 0.0307 e. The Balaban J connectivity index is 0. The zero-order chi connectivity index (χ0) is 12.1. The topological polar surface area (TPSA) is 0 Å². The smallest absolute Gasteiger partial charge is 0.0307 e. The Morgan fingerprint density at radius 2 is 1.75 bits per heavy atom. The average molecular weight is 487 g/mol. The second-order valence-electron chi connectivity index (χ2n) is 4.20. The van der Waals surface area contributed by atoms with Gasteiger partial charge >= 0.3 is 0 Å². The number of hydrogen-bond acceptors (Lipinski definition) is 0. The molecule has 20 heavy (non-hydrogen) atoms. The van der Waals surface area contributed by atoms with E-state index in [9.17, 15) is 0 Å². The van der Waals surface area contributed by atoms with Crippen LogP contribution in [0.15, 0.2) is 48.1 Å². The fourth-order valence-electron chi connectivity index (χ4n) is 2.16. The molecule has 0 saturated heterocycles. The van der Waals surface area contributed by atoms with Crippen LogP contribution in [-0.2, 0) is 25.8 Å². The van der Waals surface area contributed by atoms with Crippen LogP contribution in [-0.4, -0.2) is 9.52 Å². The number of halogens is 2. The summed E-state index contributed by atoms with van der Waals surface area (Å²) in [5, 5.41) is 0. The normalized spacial score (nSPS) is 16.7. The second-order valence-corrected chi connectivity index (χ2v) is 5.20. The number of allylic oxidation sites excluding steroid dienone is 5. The molecule has 2 aliphatic carbocycles. The van der Waals surface area contributed by atoms with Crippen LogP contribution in [0.5, 0.6) is 0 Å². The van der Waals surface area contributed by atoms with Crippen LogP contribution in [0, 0.1) is 6.08 Å². The van der Waals surface area contributed by atoms with Crippen LogP contribution < -0.4 is 24.8 Å². The van der Waals surface area contributed by atoms with Gasteiger partial charge in [-0.3, -0.25) is 6.08 Å². The minimum Gasteiger partial charge on any atom is -1.00 e. The quantitative estimate of drug-likeness (QED) is 0.327. The third-order valence-electron chi connectivity index (χ3n) is 2.86. The fraction of sp³-hybridized carbons (Fsp3) is 0.250. The maximum absolute atomic E-state index is 3.39. The Hall–Kier alpha value is 0.107. The van der Waals surface area contributed by atoms with Crippen molar-refractivity contribution in [3.63, 3.8) is 0 Å². The zero-order valence-corrected chi connectivity index (χ0v) is 17.8. The van der Waals surface area contributed by atoms with Crippen LogP contribution in [0.2, 0.25) is 13.1 Å². The van der Waals surface area contributed by atoms with Gasteiger partial charge in [-0.05, 0) is 17.0 Å². The molecule has 0 N–H and O–H groups in total. The van der Waals surface area contributed by atoms with E-state index in [0.717, 1.165) is 15.9 Å². The summed E-state index contributed by atoms with van der Waals surface area (Å²) in [6, 6.07) is 8.58. The van der Waals surface area contributed by atoms with E-state index in [1.54, 1.807) is 0 Å². The molecule has 0 bridgehead atoms. The molecule has 0 nitrogen and oxygen atoms in total. The first-order chi connectivity index (χ1) is 8.36. The number of fused-ring (bicyclic) bond motifs is 1. The van der Waals surface area contributed by atoms with Gasteiger partial charge in [0.1, 0.15) is 0 Å². The summed E-state index contributed by atoms with van der Waals surface area (Å²) in [6.07, 6.45) is 13.2. The van der Waals surface area contributed by atoms with E-state index in [2.05, 4.69) is 67.7 Å². The number of hydrogen-bond donors (Lipinski definition) is 0. The fourth-order valence-corrected chi connectivity index (χ4v) is 2.16. The number of benzene rings is 1. The van der Waals surface area contributed by atoms with E-state index in [1.165, 1.54) is 16.7 Å². The van der Waals surface area contributed by atoms with Crippen LogP contribution in [0.4, 0.5) is 0 Å². The van der Waals surface area contributed by atoms with Gasteiger partial charge in [0.2, 0.25) is 0 Å². The molecule has 0 amide bonds. The van der Waals surface area contributed by atoms with Crippen molar-refractivity contribution in [2.75, 3.05) is 0 Å². The molecular formula is C16H17Cl2HfSi-3. The first-order valence-corrected chi connectivity index (χ1v) is 7.99. The SMILES string of the molecule is C[Si]C.[C-]1=C(C2C=Cc3ccccc32)C=CC1.[Cl-].[Cl-].[Hf]. The molecule has 106 valence electrons. The summed E-state index contributed by atoms with van der Waals surface area (Å²) in [5.74, 6) is 0.449. The van der Waals surface area contributed by atoms with Gasteiger partial charge in [0.25, 0.3) is 0 Å². The minimum absolute atomic E-state index is 0. The Kier molecular flexibility index (Phi) is 13.1. The van der Waals surface area contributed by atoms with E-state index in [4.69, 9.17) is 0 Å². The van der Waals surface area contributed by atoms with Crippen LogP contribution >= 0.6 is 0 Å². The Morgan fingerprint density at radius 1 is 1.10 bits per heavy atom. The molecule has 0 spiro atoms. The first kappa shape index (κ1) is 22.4. The largest absolute Gasteiger partial charge is 1.00 e. The summed E-state index contributed by atoms with van der Waals surface area (Å²) < 4.78 is 0. The molecule has 1 atom stereocenters. The van der Waals surface area contributed by atoms with Crippen molar-refractivity contribution in [1.82, 2.24) is 0 Å². The molecule has 0 saturated carbocycles. The molecule has 0 aliphatic heterocycles. The van der Waals surface area contributed by atoms with Crippen LogP contribution in [0.1, 0.15) is 23.5 Å². The molecule has 0 heterocycles. The molecule has 2 radical (unpaired) electrons. The van der Waals surface area contributed by atoms with Crippen LogP contribution in [0.3, 0.4) is 0 Å². The molecule has 3 rings (SSSR count). The van der Waals surface area contributed by atoms with Crippen molar-refractivity contribution in [1.29, 1.82) is 0 Å². The van der Waals surface area contributed by atoms with E-state index >= 15 is 0 Å². The van der Waals surface area contributed by atoms with Crippen molar-refractivity contribution < 1.29 is 50.7 Å². The third-order valence-corrected chi connectivity index (χ3v) is 2.86. The molecular weight excluding hydrogens is 470 g/mol. The molecule has 0 aromatic heterocycles. The van der Waals surface area contributed by atoms with Crippen molar-refractivity contribution in [2.24, 2.45) is 0 Å². The van der Waals surface area contributed by atoms with E-state index < -0.39 is 0 Å². The summed E-state index contributed by atoms with van der Waals surface area (Å²) in [6.45, 7) is 4.31. The first-order valence-electron chi connectivity index (χ1n) is 5.99. The van der Waals surface area contributed by atoms with Gasteiger partial charge in [-0.2, -0.15) is 6.08 Å². The summed E-state index contributed by atoms with van der Waals surface area (Å²) in [7, 11) is 1.08. The van der Waals surface area contributed by atoms with Crippen molar-refractivity contribution >= 4 is 15.6 Å². The third kappa shape index (κ3) is 5.48. The van der Waals surface area contributed by atoms with Gasteiger partial charge in [0.15, 0.2) is 0 Å². The van der Waals surface area contributed by atoms with Crippen molar-refractivity contribution in [3.05, 3.63) is 65.3 Å². The molecule has 0 fully saturated rings. The van der Waals surface area contributed by atoms with Gasteiger partial charge in [-0.25, -0.2) is 11.6 Å². The van der Waals surface area contributed by atoms with Gasteiger partial charge in [-0.15, -0.1) is 6.42 Å². The van der Waals surface area contributed by atoms with Gasteiger partial charge in [0.05, 0.1) is 0 Å². The second kappa shape index (κ2) is 11.7. The predicted octanol–water partition coefficient (Wildman–Crippen LogP) is -1.72. The molecule has 2 aliphatic rings. The summed E-state index contributed by atoms with van der Waals surface area (Å²) in [5.41, 5.74) is 4.10. The van der Waals surface area contributed by atoms with E-state index in [-0.39, 0.29) is 50.7 Å². The average Bonchev–Trinajstić information content (AvgIpc) is 2.98. The van der Waals surface area contributed by atoms with Gasteiger partial charge < -0.3 is 24.8 Å². The minimum atomic E-state index is 0. The molecule has 4 heteroatoms. The maximum atomic E-state index is 3.39. The predicted molar refractivity (Wildman–Crippen MR) is 76.2 cm³/mol. The van der Waals surface area contributed by atoms with Gasteiger partial charge in [0, 0.05) is 35.4 Å². The Morgan fingerprint density at radius 3 is 2.35 bits per heavy atom. The Labute approximate surface area is 156 Å². The molecule has 1 unspecified atom stereocenters. The Bertz CT molecular complexity index is 481. The van der Waals surface area contributed by atoms with E-state index in [1.807, 2.05) is 0 Å².